The standard InChI is InChI=1S/C13H17N3O2S2/c1-2-14-11-3-5-12(6-4-11)20(17,18)16-8-7-13-15-9-10-19-13/h3-6,9-10,14,16H,2,7-8H2,1H3. The van der Waals surface area contributed by atoms with E-state index in [0.717, 1.165) is 17.2 Å². The predicted molar refractivity (Wildman–Crippen MR) is 81.6 cm³/mol. The van der Waals surface area contributed by atoms with E-state index in [0.29, 0.717) is 13.0 Å². The van der Waals surface area contributed by atoms with Gasteiger partial charge in [0.05, 0.1) is 9.90 Å². The van der Waals surface area contributed by atoms with Crippen molar-refractivity contribution in [3.8, 4) is 0 Å². The molecule has 0 bridgehead atoms. The van der Waals surface area contributed by atoms with Gasteiger partial charge in [-0.05, 0) is 31.2 Å². The van der Waals surface area contributed by atoms with Crippen LogP contribution in [0.1, 0.15) is 11.9 Å². The molecule has 0 fully saturated rings. The Morgan fingerprint density at radius 3 is 2.60 bits per heavy atom. The van der Waals surface area contributed by atoms with Crippen molar-refractivity contribution in [2.45, 2.75) is 18.2 Å². The molecule has 0 saturated heterocycles. The normalized spacial score (nSPS) is 11.4. The van der Waals surface area contributed by atoms with Gasteiger partial charge in [0.2, 0.25) is 10.0 Å². The van der Waals surface area contributed by atoms with Gasteiger partial charge >= 0.3 is 0 Å². The van der Waals surface area contributed by atoms with Crippen LogP contribution >= 0.6 is 11.3 Å². The summed E-state index contributed by atoms with van der Waals surface area (Å²) in [5.41, 5.74) is 0.911. The molecule has 0 radical (unpaired) electrons. The molecule has 0 saturated carbocycles. The van der Waals surface area contributed by atoms with Crippen molar-refractivity contribution in [1.29, 1.82) is 0 Å². The van der Waals surface area contributed by atoms with Crippen LogP contribution in [0.5, 0.6) is 0 Å². The maximum atomic E-state index is 12.1. The summed E-state index contributed by atoms with van der Waals surface area (Å²) in [6.45, 7) is 3.15. The van der Waals surface area contributed by atoms with Crippen LogP contribution in [0, 0.1) is 0 Å². The van der Waals surface area contributed by atoms with Gasteiger partial charge in [-0.1, -0.05) is 0 Å². The summed E-state index contributed by atoms with van der Waals surface area (Å²) in [5.74, 6) is 0. The molecule has 2 aromatic rings. The van der Waals surface area contributed by atoms with Crippen molar-refractivity contribution >= 4 is 27.0 Å². The molecule has 2 rings (SSSR count). The zero-order valence-corrected chi connectivity index (χ0v) is 12.8. The topological polar surface area (TPSA) is 71.1 Å². The summed E-state index contributed by atoms with van der Waals surface area (Å²) in [7, 11) is -3.45. The number of hydrogen-bond acceptors (Lipinski definition) is 5. The number of nitrogens with zero attached hydrogens (tertiary/aromatic N) is 1. The number of anilines is 1. The summed E-state index contributed by atoms with van der Waals surface area (Å²) in [4.78, 5) is 4.39. The third-order valence-electron chi connectivity index (χ3n) is 2.66. The Bertz CT molecular complexity index is 622. The fraction of sp³-hybridized carbons (Fsp3) is 0.308. The van der Waals surface area contributed by atoms with Gasteiger partial charge in [0.1, 0.15) is 0 Å². The van der Waals surface area contributed by atoms with Crippen molar-refractivity contribution in [3.05, 3.63) is 40.8 Å². The Labute approximate surface area is 123 Å². The second-order valence-electron chi connectivity index (χ2n) is 4.13. The Balaban J connectivity index is 1.95. The van der Waals surface area contributed by atoms with Gasteiger partial charge < -0.3 is 5.32 Å². The highest BCUT2D eigenvalue weighted by molar-refractivity contribution is 7.89. The highest BCUT2D eigenvalue weighted by atomic mass is 32.2. The summed E-state index contributed by atoms with van der Waals surface area (Å²) >= 11 is 1.52. The number of rotatable bonds is 7. The molecular formula is C13H17N3O2S2. The van der Waals surface area contributed by atoms with E-state index in [9.17, 15) is 8.42 Å². The Morgan fingerprint density at radius 1 is 1.25 bits per heavy atom. The minimum Gasteiger partial charge on any atom is -0.385 e. The van der Waals surface area contributed by atoms with Crippen LogP contribution in [-0.4, -0.2) is 26.5 Å². The molecule has 0 aliphatic rings. The number of nitrogens with one attached hydrogen (secondary N) is 2. The summed E-state index contributed by atoms with van der Waals surface area (Å²) in [6, 6.07) is 6.73. The number of benzene rings is 1. The molecule has 5 nitrogen and oxygen atoms in total. The zero-order chi connectivity index (χ0) is 14.4. The number of hydrogen-bond donors (Lipinski definition) is 2. The second-order valence-corrected chi connectivity index (χ2v) is 6.87. The van der Waals surface area contributed by atoms with E-state index in [4.69, 9.17) is 0 Å². The van der Waals surface area contributed by atoms with Crippen molar-refractivity contribution in [2.75, 3.05) is 18.4 Å². The minimum absolute atomic E-state index is 0.276. The molecule has 7 heteroatoms. The SMILES string of the molecule is CCNc1ccc(S(=O)(=O)NCCc2nccs2)cc1. The maximum absolute atomic E-state index is 12.1. The summed E-state index contributed by atoms with van der Waals surface area (Å²) in [5, 5.41) is 5.93. The highest BCUT2D eigenvalue weighted by Crippen LogP contribution is 2.14. The third-order valence-corrected chi connectivity index (χ3v) is 4.98. The predicted octanol–water partition coefficient (Wildman–Crippen LogP) is 2.10. The van der Waals surface area contributed by atoms with Crippen molar-refractivity contribution in [3.63, 3.8) is 0 Å². The Kier molecular flexibility index (Phi) is 5.11. The van der Waals surface area contributed by atoms with Gasteiger partial charge in [-0.25, -0.2) is 18.1 Å². The molecule has 0 amide bonds. The molecule has 0 aliphatic heterocycles. The molecule has 0 spiro atoms. The molecule has 108 valence electrons. The van der Waals surface area contributed by atoms with Crippen LogP contribution < -0.4 is 10.0 Å². The zero-order valence-electron chi connectivity index (χ0n) is 11.2. The molecule has 20 heavy (non-hydrogen) atoms. The third kappa shape index (κ3) is 4.03. The van der Waals surface area contributed by atoms with Crippen LogP contribution in [0.25, 0.3) is 0 Å². The molecule has 1 heterocycles. The van der Waals surface area contributed by atoms with E-state index in [2.05, 4.69) is 15.0 Å². The van der Waals surface area contributed by atoms with Gasteiger partial charge in [-0.15, -0.1) is 11.3 Å². The van der Waals surface area contributed by atoms with Gasteiger partial charge in [0.15, 0.2) is 0 Å². The first-order chi connectivity index (χ1) is 9.62. The lowest BCUT2D eigenvalue weighted by Gasteiger charge is -2.07. The fourth-order valence-corrected chi connectivity index (χ4v) is 3.36. The van der Waals surface area contributed by atoms with Gasteiger partial charge in [0.25, 0.3) is 0 Å². The Hall–Kier alpha value is -1.44. The number of thiazole rings is 1. The van der Waals surface area contributed by atoms with Crippen LogP contribution in [0.2, 0.25) is 0 Å². The molecule has 0 aliphatic carbocycles. The van der Waals surface area contributed by atoms with E-state index < -0.39 is 10.0 Å². The lowest BCUT2D eigenvalue weighted by Crippen LogP contribution is -2.25. The quantitative estimate of drug-likeness (QED) is 0.821. The monoisotopic (exact) mass is 311 g/mol. The van der Waals surface area contributed by atoms with E-state index in [1.807, 2.05) is 12.3 Å². The van der Waals surface area contributed by atoms with Gasteiger partial charge in [-0.2, -0.15) is 0 Å². The average Bonchev–Trinajstić information content (AvgIpc) is 2.93. The van der Waals surface area contributed by atoms with Crippen molar-refractivity contribution in [2.24, 2.45) is 0 Å². The molecular weight excluding hydrogens is 294 g/mol. The lowest BCUT2D eigenvalue weighted by atomic mass is 10.3. The van der Waals surface area contributed by atoms with Crippen LogP contribution in [0.3, 0.4) is 0 Å². The van der Waals surface area contributed by atoms with Crippen molar-refractivity contribution < 1.29 is 8.42 Å². The van der Waals surface area contributed by atoms with E-state index in [-0.39, 0.29) is 4.90 Å². The lowest BCUT2D eigenvalue weighted by molar-refractivity contribution is 0.581. The molecule has 0 atom stereocenters. The fourth-order valence-electron chi connectivity index (χ4n) is 1.71. The number of sulfonamides is 1. The second kappa shape index (κ2) is 6.83. The van der Waals surface area contributed by atoms with E-state index >= 15 is 0 Å². The first-order valence-corrected chi connectivity index (χ1v) is 8.70. The van der Waals surface area contributed by atoms with Crippen LogP contribution in [-0.2, 0) is 16.4 Å². The molecule has 1 aromatic carbocycles. The maximum Gasteiger partial charge on any atom is 0.240 e. The van der Waals surface area contributed by atoms with Gasteiger partial charge in [-0.3, -0.25) is 0 Å². The smallest absolute Gasteiger partial charge is 0.240 e. The Morgan fingerprint density at radius 2 is 2.00 bits per heavy atom. The molecule has 2 N–H and O–H groups in total. The summed E-state index contributed by atoms with van der Waals surface area (Å²) < 4.78 is 26.7. The number of aromatic nitrogens is 1. The minimum atomic E-state index is -3.45. The van der Waals surface area contributed by atoms with Crippen LogP contribution in [0.15, 0.2) is 40.7 Å². The van der Waals surface area contributed by atoms with E-state index in [1.165, 1.54) is 11.3 Å². The highest BCUT2D eigenvalue weighted by Gasteiger charge is 2.13. The van der Waals surface area contributed by atoms with Crippen molar-refractivity contribution in [1.82, 2.24) is 9.71 Å². The average molecular weight is 311 g/mol. The van der Waals surface area contributed by atoms with Gasteiger partial charge in [0, 0.05) is 36.8 Å². The summed E-state index contributed by atoms with van der Waals surface area (Å²) in [6.07, 6.45) is 2.32. The molecule has 1 aromatic heterocycles. The molecule has 0 unspecified atom stereocenters. The first-order valence-electron chi connectivity index (χ1n) is 6.34. The largest absolute Gasteiger partial charge is 0.385 e. The first kappa shape index (κ1) is 15.0. The van der Waals surface area contributed by atoms with Crippen LogP contribution in [0.4, 0.5) is 5.69 Å². The van der Waals surface area contributed by atoms with E-state index in [1.54, 1.807) is 30.5 Å².